The second-order valence-electron chi connectivity index (χ2n) is 4.95. The summed E-state index contributed by atoms with van der Waals surface area (Å²) in [5.74, 6) is 1.57. The molecule has 0 N–H and O–H groups in total. The lowest BCUT2D eigenvalue weighted by Gasteiger charge is -2.23. The number of hydrogen-bond donors (Lipinski definition) is 0. The van der Waals surface area contributed by atoms with E-state index in [1.165, 1.54) is 12.0 Å². The molecule has 3 rings (SSSR count). The molecule has 1 saturated carbocycles. The molecule has 2 nitrogen and oxygen atoms in total. The molecule has 1 heterocycles. The highest BCUT2D eigenvalue weighted by Gasteiger charge is 2.27. The molecule has 2 aliphatic rings. The molecule has 1 atom stereocenters. The first kappa shape index (κ1) is 9.88. The lowest BCUT2D eigenvalue weighted by Crippen LogP contribution is -2.21. The number of fused-ring (bicyclic) bond motifs is 1. The van der Waals surface area contributed by atoms with Gasteiger partial charge in [-0.1, -0.05) is 6.42 Å². The average molecular weight is 216 g/mol. The van der Waals surface area contributed by atoms with E-state index in [0.717, 1.165) is 30.6 Å². The van der Waals surface area contributed by atoms with Crippen molar-refractivity contribution in [3.63, 3.8) is 0 Å². The zero-order valence-electron chi connectivity index (χ0n) is 9.53. The Morgan fingerprint density at radius 2 is 2.19 bits per heavy atom. The number of hydrogen-bond acceptors (Lipinski definition) is 2. The minimum atomic E-state index is 0.254. The topological polar surface area (TPSA) is 26.3 Å². The van der Waals surface area contributed by atoms with Crippen molar-refractivity contribution in [2.45, 2.75) is 38.7 Å². The van der Waals surface area contributed by atoms with Crippen LogP contribution >= 0.6 is 0 Å². The van der Waals surface area contributed by atoms with Gasteiger partial charge in [0, 0.05) is 17.9 Å². The summed E-state index contributed by atoms with van der Waals surface area (Å²) in [6.45, 7) is 2.06. The Bertz CT molecular complexity index is 432. The number of benzene rings is 1. The van der Waals surface area contributed by atoms with Crippen LogP contribution in [-0.4, -0.2) is 11.9 Å². The molecule has 2 heteroatoms. The van der Waals surface area contributed by atoms with Crippen LogP contribution < -0.4 is 4.74 Å². The van der Waals surface area contributed by atoms with Crippen molar-refractivity contribution >= 4 is 5.78 Å². The van der Waals surface area contributed by atoms with Gasteiger partial charge < -0.3 is 4.74 Å². The third kappa shape index (κ3) is 1.53. The SMILES string of the molecule is CC1Cc2cc(C(=O)C3CCC3)ccc2O1. The molecule has 1 aromatic rings. The molecular weight excluding hydrogens is 200 g/mol. The van der Waals surface area contributed by atoms with Crippen LogP contribution in [0, 0.1) is 5.92 Å². The van der Waals surface area contributed by atoms with Crippen LogP contribution in [0.2, 0.25) is 0 Å². The van der Waals surface area contributed by atoms with E-state index in [1.54, 1.807) is 0 Å². The van der Waals surface area contributed by atoms with Gasteiger partial charge in [-0.2, -0.15) is 0 Å². The Kier molecular flexibility index (Phi) is 2.23. The first-order chi connectivity index (χ1) is 7.74. The van der Waals surface area contributed by atoms with E-state index in [9.17, 15) is 4.79 Å². The molecule has 84 valence electrons. The minimum Gasteiger partial charge on any atom is -0.490 e. The van der Waals surface area contributed by atoms with Crippen molar-refractivity contribution in [2.75, 3.05) is 0 Å². The fourth-order valence-electron chi connectivity index (χ4n) is 2.48. The monoisotopic (exact) mass is 216 g/mol. The number of carbonyl (C=O) groups excluding carboxylic acids is 1. The maximum Gasteiger partial charge on any atom is 0.165 e. The smallest absolute Gasteiger partial charge is 0.165 e. The summed E-state index contributed by atoms with van der Waals surface area (Å²) in [6.07, 6.45) is 4.54. The first-order valence-electron chi connectivity index (χ1n) is 6.08. The molecule has 0 spiro atoms. The molecule has 0 amide bonds. The van der Waals surface area contributed by atoms with E-state index >= 15 is 0 Å². The highest BCUT2D eigenvalue weighted by Crippen LogP contribution is 2.33. The summed E-state index contributed by atoms with van der Waals surface area (Å²) >= 11 is 0. The predicted molar refractivity (Wildman–Crippen MR) is 61.9 cm³/mol. The van der Waals surface area contributed by atoms with Gasteiger partial charge in [0.1, 0.15) is 11.9 Å². The van der Waals surface area contributed by atoms with E-state index in [0.29, 0.717) is 5.78 Å². The fraction of sp³-hybridized carbons (Fsp3) is 0.500. The summed E-state index contributed by atoms with van der Waals surface area (Å²) in [7, 11) is 0. The molecule has 1 aromatic carbocycles. The maximum absolute atomic E-state index is 12.1. The van der Waals surface area contributed by atoms with E-state index in [1.807, 2.05) is 18.2 Å². The van der Waals surface area contributed by atoms with Gasteiger partial charge in [-0.3, -0.25) is 4.79 Å². The van der Waals surface area contributed by atoms with Gasteiger partial charge >= 0.3 is 0 Å². The van der Waals surface area contributed by atoms with E-state index < -0.39 is 0 Å². The van der Waals surface area contributed by atoms with Crippen molar-refractivity contribution in [1.82, 2.24) is 0 Å². The third-order valence-corrected chi connectivity index (χ3v) is 3.66. The Labute approximate surface area is 95.6 Å². The number of carbonyl (C=O) groups is 1. The average Bonchev–Trinajstić information content (AvgIpc) is 2.53. The maximum atomic E-state index is 12.1. The Hall–Kier alpha value is -1.31. The number of ether oxygens (including phenoxy) is 1. The Morgan fingerprint density at radius 1 is 1.38 bits per heavy atom. The van der Waals surface area contributed by atoms with Crippen LogP contribution in [0.5, 0.6) is 5.75 Å². The largest absolute Gasteiger partial charge is 0.490 e. The van der Waals surface area contributed by atoms with Gasteiger partial charge in [0.15, 0.2) is 5.78 Å². The molecule has 1 fully saturated rings. The van der Waals surface area contributed by atoms with Crippen LogP contribution in [0.3, 0.4) is 0 Å². The minimum absolute atomic E-state index is 0.254. The van der Waals surface area contributed by atoms with Crippen molar-refractivity contribution in [1.29, 1.82) is 0 Å². The molecule has 0 aromatic heterocycles. The van der Waals surface area contributed by atoms with Crippen molar-refractivity contribution in [2.24, 2.45) is 5.92 Å². The lowest BCUT2D eigenvalue weighted by atomic mass is 9.79. The summed E-state index contributed by atoms with van der Waals surface area (Å²) in [6, 6.07) is 5.89. The van der Waals surface area contributed by atoms with E-state index in [4.69, 9.17) is 4.74 Å². The van der Waals surface area contributed by atoms with Gasteiger partial charge in [-0.05, 0) is 43.5 Å². The van der Waals surface area contributed by atoms with Gasteiger partial charge in [-0.25, -0.2) is 0 Å². The summed E-state index contributed by atoms with van der Waals surface area (Å²) in [5.41, 5.74) is 2.07. The number of Topliss-reactive ketones (excluding diaryl/α,β-unsaturated/α-hetero) is 1. The van der Waals surface area contributed by atoms with Crippen molar-refractivity contribution in [3.05, 3.63) is 29.3 Å². The Balaban J connectivity index is 1.87. The summed E-state index contributed by atoms with van der Waals surface area (Å²) in [4.78, 5) is 12.1. The van der Waals surface area contributed by atoms with Crippen LogP contribution in [0.1, 0.15) is 42.1 Å². The molecule has 0 saturated heterocycles. The van der Waals surface area contributed by atoms with Gasteiger partial charge in [0.2, 0.25) is 0 Å². The van der Waals surface area contributed by atoms with E-state index in [-0.39, 0.29) is 12.0 Å². The number of ketones is 1. The first-order valence-corrected chi connectivity index (χ1v) is 6.08. The molecule has 1 aliphatic heterocycles. The van der Waals surface area contributed by atoms with Crippen LogP contribution in [0.25, 0.3) is 0 Å². The fourth-order valence-corrected chi connectivity index (χ4v) is 2.48. The van der Waals surface area contributed by atoms with Gasteiger partial charge in [0.25, 0.3) is 0 Å². The van der Waals surface area contributed by atoms with Crippen LogP contribution in [-0.2, 0) is 6.42 Å². The van der Waals surface area contributed by atoms with Crippen LogP contribution in [0.4, 0.5) is 0 Å². The standard InChI is InChI=1S/C14H16O2/c1-9-7-12-8-11(5-6-13(12)16-9)14(15)10-3-2-4-10/h5-6,8-10H,2-4,7H2,1H3. The van der Waals surface area contributed by atoms with Crippen molar-refractivity contribution in [3.8, 4) is 5.75 Å². The molecule has 0 bridgehead atoms. The Morgan fingerprint density at radius 3 is 2.88 bits per heavy atom. The predicted octanol–water partition coefficient (Wildman–Crippen LogP) is 2.99. The second-order valence-corrected chi connectivity index (χ2v) is 4.95. The van der Waals surface area contributed by atoms with Crippen LogP contribution in [0.15, 0.2) is 18.2 Å². The van der Waals surface area contributed by atoms with Gasteiger partial charge in [0.05, 0.1) is 0 Å². The third-order valence-electron chi connectivity index (χ3n) is 3.66. The molecule has 1 unspecified atom stereocenters. The highest BCUT2D eigenvalue weighted by molar-refractivity contribution is 5.98. The normalized spacial score (nSPS) is 23.4. The molecule has 0 radical (unpaired) electrons. The molecule has 1 aliphatic carbocycles. The molecule has 16 heavy (non-hydrogen) atoms. The zero-order chi connectivity index (χ0) is 11.1. The number of rotatable bonds is 2. The molecular formula is C14H16O2. The lowest BCUT2D eigenvalue weighted by molar-refractivity contribution is 0.0855. The highest BCUT2D eigenvalue weighted by atomic mass is 16.5. The summed E-state index contributed by atoms with van der Waals surface area (Å²) < 4.78 is 5.63. The van der Waals surface area contributed by atoms with Crippen molar-refractivity contribution < 1.29 is 9.53 Å². The van der Waals surface area contributed by atoms with E-state index in [2.05, 4.69) is 6.92 Å². The second kappa shape index (κ2) is 3.62. The zero-order valence-corrected chi connectivity index (χ0v) is 9.53. The van der Waals surface area contributed by atoms with Gasteiger partial charge in [-0.15, -0.1) is 0 Å². The quantitative estimate of drug-likeness (QED) is 0.710. The summed E-state index contributed by atoms with van der Waals surface area (Å²) in [5, 5.41) is 0.